The summed E-state index contributed by atoms with van der Waals surface area (Å²) in [5.41, 5.74) is -0.595. The van der Waals surface area contributed by atoms with Gasteiger partial charge in [-0.05, 0) is 10.4 Å². The molecule has 0 aliphatic heterocycles. The SMILES string of the molecule is CC(C)(C)c1cc(-n2nn[nH]c2=O)no1. The van der Waals surface area contributed by atoms with E-state index in [1.165, 1.54) is 0 Å². The summed E-state index contributed by atoms with van der Waals surface area (Å²) < 4.78 is 6.16. The summed E-state index contributed by atoms with van der Waals surface area (Å²) in [5.74, 6) is 1.02. The zero-order valence-electron chi connectivity index (χ0n) is 8.68. The Morgan fingerprint density at radius 3 is 2.67 bits per heavy atom. The predicted molar refractivity (Wildman–Crippen MR) is 50.7 cm³/mol. The molecule has 0 fully saturated rings. The molecule has 0 unspecified atom stereocenters. The fourth-order valence-electron chi connectivity index (χ4n) is 1.07. The first-order valence-electron chi connectivity index (χ1n) is 4.46. The second-order valence-electron chi connectivity index (χ2n) is 4.22. The summed E-state index contributed by atoms with van der Waals surface area (Å²) in [6.45, 7) is 5.97. The van der Waals surface area contributed by atoms with Gasteiger partial charge >= 0.3 is 5.69 Å². The molecule has 2 aromatic rings. The number of H-pyrrole nitrogens is 1. The van der Waals surface area contributed by atoms with Crippen LogP contribution in [-0.2, 0) is 5.41 Å². The van der Waals surface area contributed by atoms with Crippen LogP contribution in [0, 0.1) is 0 Å². The quantitative estimate of drug-likeness (QED) is 0.726. The van der Waals surface area contributed by atoms with Crippen molar-refractivity contribution in [2.24, 2.45) is 0 Å². The molecule has 0 saturated carbocycles. The van der Waals surface area contributed by atoms with Gasteiger partial charge < -0.3 is 4.52 Å². The van der Waals surface area contributed by atoms with E-state index >= 15 is 0 Å². The van der Waals surface area contributed by atoms with E-state index in [0.29, 0.717) is 11.6 Å². The minimum absolute atomic E-state index is 0.154. The third kappa shape index (κ3) is 1.67. The molecule has 0 amide bonds. The van der Waals surface area contributed by atoms with Gasteiger partial charge in [0.25, 0.3) is 0 Å². The van der Waals surface area contributed by atoms with Gasteiger partial charge in [-0.25, -0.2) is 9.89 Å². The molecule has 0 aromatic carbocycles. The number of hydrogen-bond acceptors (Lipinski definition) is 5. The minimum atomic E-state index is -0.441. The molecule has 0 bridgehead atoms. The summed E-state index contributed by atoms with van der Waals surface area (Å²) in [4.78, 5) is 11.2. The summed E-state index contributed by atoms with van der Waals surface area (Å²) >= 11 is 0. The van der Waals surface area contributed by atoms with Crippen molar-refractivity contribution in [2.75, 3.05) is 0 Å². The molecular weight excluding hydrogens is 198 g/mol. The van der Waals surface area contributed by atoms with Gasteiger partial charge in [-0.2, -0.15) is 0 Å². The van der Waals surface area contributed by atoms with Crippen molar-refractivity contribution in [3.8, 4) is 5.82 Å². The largest absolute Gasteiger partial charge is 0.367 e. The van der Waals surface area contributed by atoms with E-state index in [1.807, 2.05) is 20.8 Å². The maximum atomic E-state index is 11.2. The van der Waals surface area contributed by atoms with Crippen molar-refractivity contribution in [3.05, 3.63) is 22.3 Å². The number of tetrazole rings is 1. The molecule has 0 saturated heterocycles. The molecule has 0 aliphatic carbocycles. The predicted octanol–water partition coefficient (Wildman–Crippen LogP) is 0.241. The first kappa shape index (κ1) is 9.63. The topological polar surface area (TPSA) is 89.6 Å². The highest BCUT2D eigenvalue weighted by atomic mass is 16.5. The Hall–Kier alpha value is -1.92. The average molecular weight is 209 g/mol. The van der Waals surface area contributed by atoms with Crippen LogP contribution in [-0.4, -0.2) is 25.4 Å². The van der Waals surface area contributed by atoms with Crippen LogP contribution in [0.25, 0.3) is 5.82 Å². The Kier molecular flexibility index (Phi) is 1.95. The van der Waals surface area contributed by atoms with E-state index in [4.69, 9.17) is 4.52 Å². The molecule has 15 heavy (non-hydrogen) atoms. The second kappa shape index (κ2) is 3.04. The molecule has 0 radical (unpaired) electrons. The Balaban J connectivity index is 2.45. The minimum Gasteiger partial charge on any atom is -0.359 e. The van der Waals surface area contributed by atoms with E-state index in [9.17, 15) is 4.79 Å². The number of nitrogens with zero attached hydrogens (tertiary/aromatic N) is 4. The third-order valence-corrected chi connectivity index (χ3v) is 1.93. The molecule has 1 N–H and O–H groups in total. The molecule has 7 heteroatoms. The lowest BCUT2D eigenvalue weighted by molar-refractivity contribution is 0.327. The monoisotopic (exact) mass is 209 g/mol. The van der Waals surface area contributed by atoms with Crippen LogP contribution in [0.3, 0.4) is 0 Å². The van der Waals surface area contributed by atoms with Crippen molar-refractivity contribution < 1.29 is 4.52 Å². The maximum absolute atomic E-state index is 11.2. The Morgan fingerprint density at radius 1 is 1.47 bits per heavy atom. The number of nitrogens with one attached hydrogen (secondary N) is 1. The van der Waals surface area contributed by atoms with Crippen LogP contribution in [0.2, 0.25) is 0 Å². The zero-order valence-corrected chi connectivity index (χ0v) is 8.68. The molecule has 0 aliphatic rings. The lowest BCUT2D eigenvalue weighted by atomic mass is 9.93. The van der Waals surface area contributed by atoms with Crippen molar-refractivity contribution in [3.63, 3.8) is 0 Å². The highest BCUT2D eigenvalue weighted by Gasteiger charge is 2.21. The third-order valence-electron chi connectivity index (χ3n) is 1.93. The van der Waals surface area contributed by atoms with Crippen LogP contribution in [0.15, 0.2) is 15.4 Å². The first-order valence-corrected chi connectivity index (χ1v) is 4.46. The number of aromatic amines is 1. The number of rotatable bonds is 1. The highest BCUT2D eigenvalue weighted by Crippen LogP contribution is 2.23. The van der Waals surface area contributed by atoms with Gasteiger partial charge in [0.15, 0.2) is 0 Å². The number of aromatic nitrogens is 5. The summed E-state index contributed by atoms with van der Waals surface area (Å²) in [7, 11) is 0. The normalized spacial score (nSPS) is 11.9. The summed E-state index contributed by atoms with van der Waals surface area (Å²) in [5, 5.41) is 12.9. The Morgan fingerprint density at radius 2 is 2.20 bits per heavy atom. The van der Waals surface area contributed by atoms with Gasteiger partial charge in [-0.15, -0.1) is 4.68 Å². The fraction of sp³-hybridized carbons (Fsp3) is 0.500. The van der Waals surface area contributed by atoms with Crippen molar-refractivity contribution in [2.45, 2.75) is 26.2 Å². The smallest absolute Gasteiger partial charge is 0.359 e. The average Bonchev–Trinajstić information content (AvgIpc) is 2.69. The van der Waals surface area contributed by atoms with Crippen LogP contribution < -0.4 is 5.69 Å². The van der Waals surface area contributed by atoms with E-state index in [0.717, 1.165) is 4.68 Å². The van der Waals surface area contributed by atoms with Crippen molar-refractivity contribution in [1.29, 1.82) is 0 Å². The van der Waals surface area contributed by atoms with Crippen LogP contribution in [0.5, 0.6) is 0 Å². The second-order valence-corrected chi connectivity index (χ2v) is 4.22. The van der Waals surface area contributed by atoms with Gasteiger partial charge in [-0.3, -0.25) is 0 Å². The van der Waals surface area contributed by atoms with Gasteiger partial charge in [0.05, 0.1) is 0 Å². The van der Waals surface area contributed by atoms with Gasteiger partial charge in [0.2, 0.25) is 5.82 Å². The first-order chi connectivity index (χ1) is 6.98. The van der Waals surface area contributed by atoms with E-state index in [-0.39, 0.29) is 5.41 Å². The van der Waals surface area contributed by atoms with E-state index in [2.05, 4.69) is 20.7 Å². The molecular formula is C8H11N5O2. The Bertz CT molecular complexity index is 515. The van der Waals surface area contributed by atoms with Crippen molar-refractivity contribution in [1.82, 2.24) is 25.4 Å². The lowest BCUT2D eigenvalue weighted by Gasteiger charge is -2.11. The molecule has 2 aromatic heterocycles. The summed E-state index contributed by atoms with van der Waals surface area (Å²) in [6, 6.07) is 1.67. The van der Waals surface area contributed by atoms with E-state index < -0.39 is 5.69 Å². The molecule has 0 atom stereocenters. The number of hydrogen-bond donors (Lipinski definition) is 1. The van der Waals surface area contributed by atoms with Gasteiger partial charge in [-0.1, -0.05) is 25.9 Å². The standard InChI is InChI=1S/C8H11N5O2/c1-8(2,3)5-4-6(10-15-5)13-7(14)9-11-12-13/h4H,1-3H3,(H,9,12,14). The maximum Gasteiger partial charge on any atom is 0.367 e. The molecule has 2 rings (SSSR count). The lowest BCUT2D eigenvalue weighted by Crippen LogP contribution is -2.16. The highest BCUT2D eigenvalue weighted by molar-refractivity contribution is 5.23. The van der Waals surface area contributed by atoms with Gasteiger partial charge in [0, 0.05) is 11.5 Å². The fourth-order valence-corrected chi connectivity index (χ4v) is 1.07. The van der Waals surface area contributed by atoms with Crippen molar-refractivity contribution >= 4 is 0 Å². The molecule has 80 valence electrons. The molecule has 2 heterocycles. The van der Waals surface area contributed by atoms with E-state index in [1.54, 1.807) is 6.07 Å². The Labute approximate surface area is 85.1 Å². The van der Waals surface area contributed by atoms with Crippen LogP contribution in [0.1, 0.15) is 26.5 Å². The van der Waals surface area contributed by atoms with Crippen LogP contribution >= 0.6 is 0 Å². The van der Waals surface area contributed by atoms with Crippen LogP contribution in [0.4, 0.5) is 0 Å². The molecule has 7 nitrogen and oxygen atoms in total. The molecule has 0 spiro atoms. The van der Waals surface area contributed by atoms with Gasteiger partial charge in [0.1, 0.15) is 5.76 Å². The zero-order chi connectivity index (χ0) is 11.1. The summed E-state index contributed by atoms with van der Waals surface area (Å²) in [6.07, 6.45) is 0.